The van der Waals surface area contributed by atoms with Crippen LogP contribution in [-0.4, -0.2) is 68.0 Å². The number of hydrogen-bond donors (Lipinski definition) is 3. The lowest BCUT2D eigenvalue weighted by Gasteiger charge is -2.25. The molecule has 13 heteroatoms. The van der Waals surface area contributed by atoms with Gasteiger partial charge in [0.25, 0.3) is 0 Å². The average Bonchev–Trinajstić information content (AvgIpc) is 3.36. The van der Waals surface area contributed by atoms with Gasteiger partial charge in [0.1, 0.15) is 42.8 Å². The van der Waals surface area contributed by atoms with E-state index in [1.807, 2.05) is 0 Å². The highest BCUT2D eigenvalue weighted by atomic mass is 31.2. The van der Waals surface area contributed by atoms with Crippen molar-refractivity contribution in [3.63, 3.8) is 0 Å². The predicted octanol–water partition coefficient (Wildman–Crippen LogP) is 1.03. The number of aromatic nitrogens is 3. The van der Waals surface area contributed by atoms with E-state index in [2.05, 4.69) is 15.2 Å². The fourth-order valence-corrected chi connectivity index (χ4v) is 4.44. The lowest BCUT2D eigenvalue weighted by atomic mass is 10.1. The molecule has 1 saturated heterocycles. The second kappa shape index (κ2) is 10.5. The molecular formula is C19H27N4O8P. The molecule has 3 rings (SSSR count). The molecule has 2 aromatic rings. The Hall–Kier alpha value is -2.34. The Balaban J connectivity index is 1.70. The predicted molar refractivity (Wildman–Crippen MR) is 110 cm³/mol. The molecular weight excluding hydrogens is 443 g/mol. The van der Waals surface area contributed by atoms with Crippen molar-refractivity contribution < 1.29 is 38.1 Å². The first kappa shape index (κ1) is 24.3. The van der Waals surface area contributed by atoms with E-state index in [-0.39, 0.29) is 11.9 Å². The van der Waals surface area contributed by atoms with E-state index in [1.165, 1.54) is 24.3 Å². The number of aliphatic hydroxyl groups is 2. The number of rotatable bonds is 10. The standard InChI is InChI=1S/C19H27N4O8P/c1-12(2)29-19(26)13(3)22-32(27,31-14-7-5-4-6-8-14)28-9-15-16(24)17(25)18(30-15)23-11-20-10-21-23/h4-8,10-13,15-18,24-25H,9H2,1-3H3,(H,22,27)/t13-,15+,16+,17+,18+,32?/m0/s1. The summed E-state index contributed by atoms with van der Waals surface area (Å²) < 4.78 is 36.5. The summed E-state index contributed by atoms with van der Waals surface area (Å²) in [5, 5.41) is 27.0. The molecule has 0 radical (unpaired) electrons. The van der Waals surface area contributed by atoms with Gasteiger partial charge in [0.2, 0.25) is 0 Å². The molecule has 1 fully saturated rings. The van der Waals surface area contributed by atoms with Crippen LogP contribution in [0, 0.1) is 0 Å². The van der Waals surface area contributed by atoms with Crippen molar-refractivity contribution >= 4 is 13.7 Å². The monoisotopic (exact) mass is 470 g/mol. The number of esters is 1. The van der Waals surface area contributed by atoms with Gasteiger partial charge in [-0.2, -0.15) is 10.2 Å². The van der Waals surface area contributed by atoms with Gasteiger partial charge >= 0.3 is 13.7 Å². The Bertz CT molecular complexity index is 913. The summed E-state index contributed by atoms with van der Waals surface area (Å²) in [5.74, 6) is -0.402. The third kappa shape index (κ3) is 6.12. The minimum atomic E-state index is -4.13. The Morgan fingerprint density at radius 3 is 2.59 bits per heavy atom. The molecule has 6 atom stereocenters. The molecule has 176 valence electrons. The molecule has 1 aliphatic rings. The minimum absolute atomic E-state index is 0.237. The van der Waals surface area contributed by atoms with Crippen LogP contribution in [0.4, 0.5) is 0 Å². The molecule has 1 unspecified atom stereocenters. The van der Waals surface area contributed by atoms with Crippen molar-refractivity contribution in [3.8, 4) is 5.75 Å². The molecule has 0 amide bonds. The van der Waals surface area contributed by atoms with E-state index < -0.39 is 50.9 Å². The van der Waals surface area contributed by atoms with Crippen molar-refractivity contribution in [1.82, 2.24) is 19.9 Å². The van der Waals surface area contributed by atoms with Crippen LogP contribution in [-0.2, 0) is 23.4 Å². The minimum Gasteiger partial charge on any atom is -0.462 e. The number of carbonyl (C=O) groups excluding carboxylic acids is 1. The molecule has 3 N–H and O–H groups in total. The van der Waals surface area contributed by atoms with Crippen LogP contribution in [0.25, 0.3) is 0 Å². The van der Waals surface area contributed by atoms with Gasteiger partial charge in [-0.1, -0.05) is 18.2 Å². The van der Waals surface area contributed by atoms with E-state index in [1.54, 1.807) is 44.2 Å². The fourth-order valence-electron chi connectivity index (χ4n) is 2.94. The molecule has 32 heavy (non-hydrogen) atoms. The van der Waals surface area contributed by atoms with Gasteiger partial charge in [-0.15, -0.1) is 0 Å². The summed E-state index contributed by atoms with van der Waals surface area (Å²) in [4.78, 5) is 16.0. The van der Waals surface area contributed by atoms with Crippen molar-refractivity contribution in [2.75, 3.05) is 6.61 Å². The highest BCUT2D eigenvalue weighted by Gasteiger charge is 2.45. The molecule has 1 aromatic carbocycles. The molecule has 1 aromatic heterocycles. The summed E-state index contributed by atoms with van der Waals surface area (Å²) in [5.41, 5.74) is 0. The Labute approximate surface area is 185 Å². The van der Waals surface area contributed by atoms with E-state index >= 15 is 0 Å². The number of nitrogens with zero attached hydrogens (tertiary/aromatic N) is 3. The Morgan fingerprint density at radius 1 is 1.25 bits per heavy atom. The second-order valence-electron chi connectivity index (χ2n) is 7.46. The van der Waals surface area contributed by atoms with E-state index in [0.717, 1.165) is 0 Å². The fraction of sp³-hybridized carbons (Fsp3) is 0.526. The summed E-state index contributed by atoms with van der Waals surface area (Å²) in [6.45, 7) is 4.43. The van der Waals surface area contributed by atoms with Gasteiger partial charge in [0.15, 0.2) is 6.23 Å². The highest BCUT2D eigenvalue weighted by Crippen LogP contribution is 2.46. The second-order valence-corrected chi connectivity index (χ2v) is 9.15. The topological polar surface area (TPSA) is 154 Å². The largest absolute Gasteiger partial charge is 0.462 e. The Kier molecular flexibility index (Phi) is 7.99. The number of para-hydroxylation sites is 1. The zero-order chi connectivity index (χ0) is 23.3. The van der Waals surface area contributed by atoms with Crippen molar-refractivity contribution in [3.05, 3.63) is 43.0 Å². The smallest absolute Gasteiger partial charge is 0.459 e. The van der Waals surface area contributed by atoms with Gasteiger partial charge < -0.3 is 24.2 Å². The van der Waals surface area contributed by atoms with Crippen LogP contribution >= 0.6 is 7.75 Å². The molecule has 12 nitrogen and oxygen atoms in total. The molecule has 0 bridgehead atoms. The zero-order valence-electron chi connectivity index (χ0n) is 17.8. The highest BCUT2D eigenvalue weighted by molar-refractivity contribution is 7.52. The summed E-state index contributed by atoms with van der Waals surface area (Å²) >= 11 is 0. The molecule has 2 heterocycles. The third-order valence-electron chi connectivity index (χ3n) is 4.47. The summed E-state index contributed by atoms with van der Waals surface area (Å²) in [6.07, 6.45) is -2.48. The van der Waals surface area contributed by atoms with Gasteiger partial charge in [-0.25, -0.2) is 14.2 Å². The average molecular weight is 470 g/mol. The van der Waals surface area contributed by atoms with Crippen LogP contribution in [0.3, 0.4) is 0 Å². The summed E-state index contributed by atoms with van der Waals surface area (Å²) in [6, 6.07) is 7.23. The van der Waals surface area contributed by atoms with Gasteiger partial charge in [0, 0.05) is 0 Å². The van der Waals surface area contributed by atoms with E-state index in [4.69, 9.17) is 18.5 Å². The van der Waals surface area contributed by atoms with Gasteiger partial charge in [0.05, 0.1) is 12.7 Å². The lowest BCUT2D eigenvalue weighted by Crippen LogP contribution is -2.38. The number of aliphatic hydroxyl groups excluding tert-OH is 2. The number of hydrogen-bond acceptors (Lipinski definition) is 10. The first-order valence-corrected chi connectivity index (χ1v) is 11.6. The SMILES string of the molecule is CC(C)OC(=O)[C@H](C)NP(=O)(OC[C@H]1O[C@@H](n2cncn2)[C@H](O)[C@@H]1O)Oc1ccccc1. The van der Waals surface area contributed by atoms with Crippen LogP contribution in [0.15, 0.2) is 43.0 Å². The number of carbonyl (C=O) groups is 1. The third-order valence-corrected chi connectivity index (χ3v) is 6.11. The maximum Gasteiger partial charge on any atom is 0.459 e. The van der Waals surface area contributed by atoms with Crippen LogP contribution < -0.4 is 9.61 Å². The normalized spacial score (nSPS) is 25.9. The van der Waals surface area contributed by atoms with E-state index in [9.17, 15) is 19.6 Å². The Morgan fingerprint density at radius 2 is 1.97 bits per heavy atom. The van der Waals surface area contributed by atoms with Gasteiger partial charge in [-0.3, -0.25) is 9.32 Å². The van der Waals surface area contributed by atoms with Crippen molar-refractivity contribution in [2.45, 2.75) is 57.5 Å². The first-order chi connectivity index (χ1) is 15.2. The number of benzene rings is 1. The maximum absolute atomic E-state index is 13.4. The van der Waals surface area contributed by atoms with Crippen molar-refractivity contribution in [1.29, 1.82) is 0 Å². The molecule has 0 saturated carbocycles. The number of nitrogens with one attached hydrogen (secondary N) is 1. The lowest BCUT2D eigenvalue weighted by molar-refractivity contribution is -0.149. The van der Waals surface area contributed by atoms with Crippen LogP contribution in [0.5, 0.6) is 5.75 Å². The number of ether oxygens (including phenoxy) is 2. The quantitative estimate of drug-likeness (QED) is 0.337. The van der Waals surface area contributed by atoms with Crippen LogP contribution in [0.1, 0.15) is 27.0 Å². The molecule has 0 spiro atoms. The summed E-state index contributed by atoms with van der Waals surface area (Å²) in [7, 11) is -4.13. The van der Waals surface area contributed by atoms with Gasteiger partial charge in [-0.05, 0) is 32.9 Å². The first-order valence-electron chi connectivity index (χ1n) is 10.0. The van der Waals surface area contributed by atoms with Crippen molar-refractivity contribution in [2.24, 2.45) is 0 Å². The molecule has 0 aliphatic carbocycles. The molecule has 1 aliphatic heterocycles. The van der Waals surface area contributed by atoms with E-state index in [0.29, 0.717) is 0 Å². The zero-order valence-corrected chi connectivity index (χ0v) is 18.7. The van der Waals surface area contributed by atoms with Crippen LogP contribution in [0.2, 0.25) is 0 Å². The maximum atomic E-state index is 13.4.